The summed E-state index contributed by atoms with van der Waals surface area (Å²) in [7, 11) is 0. The second-order valence-corrected chi connectivity index (χ2v) is 16.3. The summed E-state index contributed by atoms with van der Waals surface area (Å²) < 4.78 is 4.91. The first kappa shape index (κ1) is 36.7. The average molecular weight is 809 g/mol. The highest BCUT2D eigenvalue weighted by Gasteiger charge is 2.23. The van der Waals surface area contributed by atoms with Crippen molar-refractivity contribution in [2.45, 2.75) is 25.2 Å². The molecule has 0 saturated heterocycles. The molecule has 3 aliphatic rings. The van der Waals surface area contributed by atoms with Crippen molar-refractivity contribution in [3.05, 3.63) is 216 Å². The maximum absolute atomic E-state index is 4.99. The summed E-state index contributed by atoms with van der Waals surface area (Å²) in [6, 6.07) is 46.9. The number of benzene rings is 5. The van der Waals surface area contributed by atoms with E-state index in [-0.39, 0.29) is 5.92 Å². The van der Waals surface area contributed by atoms with Crippen LogP contribution in [0.2, 0.25) is 0 Å². The first-order chi connectivity index (χ1) is 31.2. The van der Waals surface area contributed by atoms with Crippen molar-refractivity contribution in [3.8, 4) is 51.0 Å². The third-order valence-corrected chi connectivity index (χ3v) is 12.5. The second kappa shape index (κ2) is 15.4. The minimum absolute atomic E-state index is 0.206. The molecule has 63 heavy (non-hydrogen) atoms. The van der Waals surface area contributed by atoms with Gasteiger partial charge in [0.25, 0.3) is 0 Å². The SMILES string of the molecule is C1=CC=CC=c2c=1c1ccc(-c3cncc(-c4nc(-c5ccccc5)nc(-c5ccccc5)n4)c3)cc1n2C1=CC=CC(c2ccc3c(c2)c2c(n3-c3ccccc3)CCC=C2)C1. The Balaban J connectivity index is 0.940. The first-order valence-electron chi connectivity index (χ1n) is 21.6. The van der Waals surface area contributed by atoms with Gasteiger partial charge in [-0.15, -0.1) is 5.73 Å². The fraction of sp³-hybridized carbons (Fsp3) is 0.0702. The molecule has 1 atom stereocenters. The molecule has 4 aromatic heterocycles. The minimum atomic E-state index is 0.206. The monoisotopic (exact) mass is 808 g/mol. The summed E-state index contributed by atoms with van der Waals surface area (Å²) in [4.78, 5) is 19.6. The summed E-state index contributed by atoms with van der Waals surface area (Å²) in [5, 5.41) is 4.69. The number of hydrogen-bond acceptors (Lipinski definition) is 4. The molecule has 1 unspecified atom stereocenters. The van der Waals surface area contributed by atoms with Crippen LogP contribution in [-0.2, 0) is 6.42 Å². The number of nitrogens with zero attached hydrogens (tertiary/aromatic N) is 6. The number of pyridine rings is 1. The number of allylic oxidation sites excluding steroid dienone is 8. The van der Waals surface area contributed by atoms with Crippen molar-refractivity contribution in [2.75, 3.05) is 0 Å². The molecule has 6 nitrogen and oxygen atoms in total. The van der Waals surface area contributed by atoms with Crippen LogP contribution in [0.4, 0.5) is 0 Å². The summed E-state index contributed by atoms with van der Waals surface area (Å²) in [6.07, 6.45) is 26.6. The van der Waals surface area contributed by atoms with Crippen molar-refractivity contribution >= 4 is 45.4 Å². The predicted molar refractivity (Wildman–Crippen MR) is 257 cm³/mol. The van der Waals surface area contributed by atoms with Gasteiger partial charge in [0.15, 0.2) is 17.5 Å². The Morgan fingerprint density at radius 1 is 0.571 bits per heavy atom. The number of aromatic nitrogens is 6. The van der Waals surface area contributed by atoms with Gasteiger partial charge in [-0.05, 0) is 85.0 Å². The largest absolute Gasteiger partial charge is 0.313 e. The van der Waals surface area contributed by atoms with Crippen molar-refractivity contribution < 1.29 is 0 Å². The van der Waals surface area contributed by atoms with Crippen LogP contribution in [0.3, 0.4) is 0 Å². The van der Waals surface area contributed by atoms with E-state index in [0.29, 0.717) is 17.5 Å². The standard InChI is InChI=1S/C57H40N6/c1-5-16-38(17-6-1)55-59-56(39-18-7-2-8-19-39)61-57(60-55)44-32-43(36-58-37-44)42-28-30-49-47-24-11-4-12-26-51(47)63(54(49)35-42)46-23-15-20-40(33-46)41-29-31-53-50(34-41)48-25-13-14-27-52(48)62(53)45-21-9-3-10-22-45/h1-13,15-23,25-26,28-32,34-37,40H,14,27,33H2. The maximum Gasteiger partial charge on any atom is 0.165 e. The summed E-state index contributed by atoms with van der Waals surface area (Å²) >= 11 is 0. The fourth-order valence-electron chi connectivity index (χ4n) is 9.50. The Morgan fingerprint density at radius 2 is 1.30 bits per heavy atom. The smallest absolute Gasteiger partial charge is 0.165 e. The molecule has 5 aromatic carbocycles. The van der Waals surface area contributed by atoms with Gasteiger partial charge in [0.2, 0.25) is 0 Å². The topological polar surface area (TPSA) is 61.4 Å². The van der Waals surface area contributed by atoms with Crippen LogP contribution in [0, 0.1) is 0 Å². The van der Waals surface area contributed by atoms with E-state index in [4.69, 9.17) is 19.9 Å². The van der Waals surface area contributed by atoms with Gasteiger partial charge in [0, 0.05) is 79.2 Å². The van der Waals surface area contributed by atoms with Crippen LogP contribution in [0.5, 0.6) is 0 Å². The number of hydrogen-bond donors (Lipinski definition) is 0. The molecule has 298 valence electrons. The Hall–Kier alpha value is -8.18. The van der Waals surface area contributed by atoms with Gasteiger partial charge in [0.1, 0.15) is 0 Å². The maximum atomic E-state index is 4.99. The van der Waals surface area contributed by atoms with Crippen LogP contribution >= 0.6 is 0 Å². The van der Waals surface area contributed by atoms with Gasteiger partial charge in [-0.3, -0.25) is 4.98 Å². The lowest BCUT2D eigenvalue weighted by molar-refractivity contribution is 0.826. The molecular formula is C57H40N6. The van der Waals surface area contributed by atoms with Crippen LogP contribution in [-0.4, -0.2) is 29.1 Å². The quantitative estimate of drug-likeness (QED) is 0.161. The zero-order valence-corrected chi connectivity index (χ0v) is 34.4. The molecule has 0 saturated carbocycles. The normalized spacial score (nSPS) is 15.1. The van der Waals surface area contributed by atoms with Gasteiger partial charge in [-0.2, -0.15) is 0 Å². The molecule has 3 aliphatic carbocycles. The van der Waals surface area contributed by atoms with Crippen molar-refractivity contribution in [1.82, 2.24) is 29.1 Å². The highest BCUT2D eigenvalue weighted by atomic mass is 15.0. The Morgan fingerprint density at radius 3 is 2.08 bits per heavy atom. The van der Waals surface area contributed by atoms with E-state index in [1.165, 1.54) is 39.1 Å². The fourth-order valence-corrected chi connectivity index (χ4v) is 9.50. The Bertz CT molecular complexity index is 3510. The third kappa shape index (κ3) is 6.53. The van der Waals surface area contributed by atoms with Gasteiger partial charge in [-0.25, -0.2) is 15.0 Å². The lowest BCUT2D eigenvalue weighted by atomic mass is 9.89. The number of fused-ring (bicyclic) bond motifs is 6. The van der Waals surface area contributed by atoms with E-state index in [1.54, 1.807) is 0 Å². The minimum Gasteiger partial charge on any atom is -0.313 e. The first-order valence-corrected chi connectivity index (χ1v) is 21.6. The predicted octanol–water partition coefficient (Wildman–Crippen LogP) is 11.7. The van der Waals surface area contributed by atoms with E-state index >= 15 is 0 Å². The van der Waals surface area contributed by atoms with E-state index in [9.17, 15) is 0 Å². The van der Waals surface area contributed by atoms with Crippen molar-refractivity contribution in [3.63, 3.8) is 0 Å². The van der Waals surface area contributed by atoms with Crippen molar-refractivity contribution in [2.24, 2.45) is 0 Å². The van der Waals surface area contributed by atoms with Crippen LogP contribution < -0.4 is 10.6 Å². The molecule has 0 spiro atoms. The van der Waals surface area contributed by atoms with Gasteiger partial charge < -0.3 is 9.13 Å². The molecule has 0 aliphatic heterocycles. The summed E-state index contributed by atoms with van der Waals surface area (Å²) in [5.41, 5.74) is 17.2. The van der Waals surface area contributed by atoms with Crippen LogP contribution in [0.25, 0.3) is 96.4 Å². The molecule has 12 rings (SSSR count). The Labute approximate surface area is 364 Å². The zero-order valence-electron chi connectivity index (χ0n) is 34.4. The van der Waals surface area contributed by atoms with E-state index < -0.39 is 0 Å². The molecule has 9 aromatic rings. The zero-order chi connectivity index (χ0) is 41.7. The van der Waals surface area contributed by atoms with Gasteiger partial charge in [-0.1, -0.05) is 134 Å². The molecule has 0 fully saturated rings. The Kier molecular flexibility index (Phi) is 8.95. The highest BCUT2D eigenvalue weighted by molar-refractivity contribution is 5.94. The lowest BCUT2D eigenvalue weighted by Gasteiger charge is -2.21. The number of rotatable bonds is 7. The van der Waals surface area contributed by atoms with E-state index in [2.05, 4.69) is 136 Å². The van der Waals surface area contributed by atoms with Gasteiger partial charge in [0.05, 0.1) is 16.4 Å². The second-order valence-electron chi connectivity index (χ2n) is 16.3. The summed E-state index contributed by atoms with van der Waals surface area (Å²) in [6.45, 7) is 0. The third-order valence-electron chi connectivity index (χ3n) is 12.5. The van der Waals surface area contributed by atoms with Crippen LogP contribution in [0.15, 0.2) is 188 Å². The van der Waals surface area contributed by atoms with Crippen LogP contribution in [0.1, 0.15) is 35.6 Å². The molecular weight excluding hydrogens is 769 g/mol. The molecule has 0 bridgehead atoms. The van der Waals surface area contributed by atoms with E-state index in [1.807, 2.05) is 79.1 Å². The molecule has 4 heterocycles. The number of para-hydroxylation sites is 1. The molecule has 0 radical (unpaired) electrons. The lowest BCUT2D eigenvalue weighted by Crippen LogP contribution is -2.28. The van der Waals surface area contributed by atoms with E-state index in [0.717, 1.165) is 68.6 Å². The molecule has 6 heteroatoms. The molecule has 0 N–H and O–H groups in total. The van der Waals surface area contributed by atoms with Gasteiger partial charge >= 0.3 is 0 Å². The molecule has 0 amide bonds. The summed E-state index contributed by atoms with van der Waals surface area (Å²) in [5.74, 6) is 2.02. The average Bonchev–Trinajstić information content (AvgIpc) is 3.73. The van der Waals surface area contributed by atoms with Crippen molar-refractivity contribution in [1.29, 1.82) is 0 Å². The highest BCUT2D eigenvalue weighted by Crippen LogP contribution is 2.39.